The Labute approximate surface area is 277 Å². The smallest absolute Gasteiger partial charge is 0.416 e. The Hall–Kier alpha value is -4.72. The highest BCUT2D eigenvalue weighted by Crippen LogP contribution is 2.45. The molecule has 1 N–H and O–H groups in total. The Morgan fingerprint density at radius 2 is 1.37 bits per heavy atom. The van der Waals surface area contributed by atoms with E-state index < -0.39 is 71.5 Å². The maximum absolute atomic E-state index is 13.9. The second kappa shape index (κ2) is 12.6. The van der Waals surface area contributed by atoms with Gasteiger partial charge in [0.2, 0.25) is 0 Å². The third-order valence-corrected chi connectivity index (χ3v) is 8.45. The van der Waals surface area contributed by atoms with Gasteiger partial charge in [-0.1, -0.05) is 29.8 Å². The monoisotopic (exact) mass is 715 g/mol. The summed E-state index contributed by atoms with van der Waals surface area (Å²) in [4.78, 5) is 25.3. The van der Waals surface area contributed by atoms with Gasteiger partial charge in [0, 0.05) is 22.7 Å². The van der Waals surface area contributed by atoms with Crippen molar-refractivity contribution in [1.82, 2.24) is 4.90 Å². The minimum Gasteiger partial charge on any atom is -0.478 e. The van der Waals surface area contributed by atoms with E-state index in [1.54, 1.807) is 25.1 Å². The fourth-order valence-electron chi connectivity index (χ4n) is 5.68. The highest BCUT2D eigenvalue weighted by atomic mass is 35.5. The van der Waals surface area contributed by atoms with Crippen LogP contribution in [0.1, 0.15) is 56.8 Å². The highest BCUT2D eigenvalue weighted by Gasteiger charge is 2.43. The predicted octanol–water partition coefficient (Wildman–Crippen LogP) is 10.8. The van der Waals surface area contributed by atoms with Crippen molar-refractivity contribution in [2.75, 3.05) is 0 Å². The van der Waals surface area contributed by atoms with Crippen LogP contribution in [0.25, 0.3) is 22.3 Å². The lowest BCUT2D eigenvalue weighted by Gasteiger charge is -2.24. The number of carboxylic acids is 1. The summed E-state index contributed by atoms with van der Waals surface area (Å²) in [6.45, 7) is 2.22. The van der Waals surface area contributed by atoms with Gasteiger partial charge in [0.25, 0.3) is 0 Å². The lowest BCUT2D eigenvalue weighted by atomic mass is 9.89. The van der Waals surface area contributed by atoms with Gasteiger partial charge >= 0.3 is 30.6 Å². The topological polar surface area (TPSA) is 66.8 Å². The molecule has 0 bridgehead atoms. The van der Waals surface area contributed by atoms with Crippen LogP contribution in [0.4, 0.5) is 44.3 Å². The van der Waals surface area contributed by atoms with Crippen molar-refractivity contribution in [1.29, 1.82) is 0 Å². The average molecular weight is 716 g/mol. The Kier molecular flexibility index (Phi) is 9.17. The molecule has 49 heavy (non-hydrogen) atoms. The standard InChI is InChI=1S/C34H23ClF9NO4/c1-16-9-20(30(46)47)3-6-24(16)19-4-8-28(35)26(12-19)25-7-5-21(32(36,37)38)14-27(25)29-17(2)45(31(48)49-29)15-18-10-22(33(39,40)41)13-23(11-18)34(42,43)44/h3-14,17,29H,15H2,1-2H3,(H,46,47)/t17-,29?/m1/s1. The molecule has 0 spiro atoms. The molecule has 5 rings (SSSR count). The van der Waals surface area contributed by atoms with E-state index in [9.17, 15) is 54.2 Å². The summed E-state index contributed by atoms with van der Waals surface area (Å²) in [5, 5.41) is 9.40. The van der Waals surface area contributed by atoms with E-state index in [4.69, 9.17) is 16.3 Å². The minimum atomic E-state index is -5.15. The van der Waals surface area contributed by atoms with Crippen molar-refractivity contribution in [3.8, 4) is 22.3 Å². The lowest BCUT2D eigenvalue weighted by molar-refractivity contribution is -0.143. The van der Waals surface area contributed by atoms with Crippen LogP contribution >= 0.6 is 11.6 Å². The molecule has 4 aromatic rings. The van der Waals surface area contributed by atoms with Crippen molar-refractivity contribution < 1.29 is 58.9 Å². The van der Waals surface area contributed by atoms with Crippen LogP contribution in [0, 0.1) is 6.92 Å². The van der Waals surface area contributed by atoms with Gasteiger partial charge in [-0.25, -0.2) is 9.59 Å². The zero-order chi connectivity index (χ0) is 36.2. The third-order valence-electron chi connectivity index (χ3n) is 8.12. The molecule has 4 aromatic carbocycles. The van der Waals surface area contributed by atoms with Crippen LogP contribution in [-0.4, -0.2) is 28.1 Å². The first-order valence-electron chi connectivity index (χ1n) is 14.3. The molecule has 0 aromatic heterocycles. The molecule has 15 heteroatoms. The zero-order valence-corrected chi connectivity index (χ0v) is 25.9. The molecule has 1 fully saturated rings. The molecule has 1 unspecified atom stereocenters. The van der Waals surface area contributed by atoms with Gasteiger partial charge in [-0.15, -0.1) is 0 Å². The fourth-order valence-corrected chi connectivity index (χ4v) is 5.90. The summed E-state index contributed by atoms with van der Waals surface area (Å²) in [6.07, 6.45) is -17.8. The number of hydrogen-bond donors (Lipinski definition) is 1. The molecule has 1 heterocycles. The number of ether oxygens (including phenoxy) is 1. The number of carbonyl (C=O) groups is 2. The summed E-state index contributed by atoms with van der Waals surface area (Å²) in [7, 11) is 0. The number of carboxylic acid groups (broad SMARTS) is 1. The first-order valence-corrected chi connectivity index (χ1v) is 14.6. The number of benzene rings is 4. The maximum atomic E-state index is 13.9. The van der Waals surface area contributed by atoms with Gasteiger partial charge in [0.15, 0.2) is 0 Å². The van der Waals surface area contributed by atoms with Gasteiger partial charge in [0.1, 0.15) is 6.10 Å². The molecular formula is C34H23ClF9NO4. The number of rotatable bonds is 6. The van der Waals surface area contributed by atoms with Gasteiger partial charge in [-0.2, -0.15) is 39.5 Å². The quantitative estimate of drug-likeness (QED) is 0.202. The first-order chi connectivity index (χ1) is 22.6. The Morgan fingerprint density at radius 1 is 0.776 bits per heavy atom. The number of hydrogen-bond acceptors (Lipinski definition) is 3. The van der Waals surface area contributed by atoms with Crippen LogP contribution in [0.15, 0.2) is 72.8 Å². The number of halogens is 10. The molecule has 0 saturated carbocycles. The number of alkyl halides is 9. The van der Waals surface area contributed by atoms with Crippen molar-refractivity contribution in [3.05, 3.63) is 117 Å². The summed E-state index contributed by atoms with van der Waals surface area (Å²) < 4.78 is 128. The molecule has 1 aliphatic heterocycles. The molecule has 258 valence electrons. The van der Waals surface area contributed by atoms with E-state index in [2.05, 4.69) is 0 Å². The number of carbonyl (C=O) groups excluding carboxylic acids is 1. The Balaban J connectivity index is 1.59. The van der Waals surface area contributed by atoms with Gasteiger partial charge < -0.3 is 9.84 Å². The second-order valence-corrected chi connectivity index (χ2v) is 11.8. The van der Waals surface area contributed by atoms with Crippen LogP contribution < -0.4 is 0 Å². The second-order valence-electron chi connectivity index (χ2n) is 11.4. The molecule has 1 amide bonds. The van der Waals surface area contributed by atoms with Crippen LogP contribution in [-0.2, 0) is 29.8 Å². The first kappa shape index (κ1) is 35.6. The van der Waals surface area contributed by atoms with E-state index in [0.717, 1.165) is 23.1 Å². The van der Waals surface area contributed by atoms with Crippen molar-refractivity contribution in [3.63, 3.8) is 0 Å². The molecule has 0 radical (unpaired) electrons. The van der Waals surface area contributed by atoms with Crippen molar-refractivity contribution >= 4 is 23.7 Å². The summed E-state index contributed by atoms with van der Waals surface area (Å²) in [5.41, 5.74) is -3.01. The van der Waals surface area contributed by atoms with Crippen LogP contribution in [0.2, 0.25) is 5.02 Å². The number of cyclic esters (lactones) is 1. The highest BCUT2D eigenvalue weighted by molar-refractivity contribution is 6.33. The van der Waals surface area contributed by atoms with Crippen molar-refractivity contribution in [2.45, 2.75) is 51.1 Å². The fraction of sp³-hybridized carbons (Fsp3) is 0.235. The van der Waals surface area contributed by atoms with E-state index in [1.807, 2.05) is 0 Å². The largest absolute Gasteiger partial charge is 0.478 e. The summed E-state index contributed by atoms with van der Waals surface area (Å²) in [6, 6.07) is 11.3. The summed E-state index contributed by atoms with van der Waals surface area (Å²) in [5.74, 6) is -1.15. The zero-order valence-electron chi connectivity index (χ0n) is 25.2. The lowest BCUT2D eigenvalue weighted by Crippen LogP contribution is -2.31. The molecule has 2 atom stereocenters. The van der Waals surface area contributed by atoms with Crippen molar-refractivity contribution in [2.24, 2.45) is 0 Å². The SMILES string of the molecule is Cc1cc(C(=O)O)ccc1-c1ccc(Cl)c(-c2ccc(C(F)(F)F)cc2C2OC(=O)N(Cc3cc(C(F)(F)F)cc(C(F)(F)F)c3)[C@@H]2C)c1. The predicted molar refractivity (Wildman–Crippen MR) is 160 cm³/mol. The van der Waals surface area contributed by atoms with E-state index in [0.29, 0.717) is 28.8 Å². The van der Waals surface area contributed by atoms with E-state index in [-0.39, 0.29) is 33.3 Å². The Morgan fingerprint density at radius 3 is 1.92 bits per heavy atom. The number of amides is 1. The number of aromatic carboxylic acids is 1. The van der Waals surface area contributed by atoms with E-state index >= 15 is 0 Å². The van der Waals surface area contributed by atoms with E-state index in [1.165, 1.54) is 25.1 Å². The molecule has 0 aliphatic carbocycles. The summed E-state index contributed by atoms with van der Waals surface area (Å²) >= 11 is 6.54. The van der Waals surface area contributed by atoms with Gasteiger partial charge in [-0.3, -0.25) is 4.90 Å². The Bertz CT molecular complexity index is 1920. The molecule has 1 aliphatic rings. The van der Waals surface area contributed by atoms with Crippen LogP contribution in [0.5, 0.6) is 0 Å². The number of nitrogens with zero attached hydrogens (tertiary/aromatic N) is 1. The molecular weight excluding hydrogens is 693 g/mol. The van der Waals surface area contributed by atoms with Gasteiger partial charge in [-0.05, 0) is 96.3 Å². The minimum absolute atomic E-state index is 0.0295. The number of aryl methyl sites for hydroxylation is 1. The average Bonchev–Trinajstić information content (AvgIpc) is 3.28. The van der Waals surface area contributed by atoms with Gasteiger partial charge in [0.05, 0.1) is 28.3 Å². The molecule has 1 saturated heterocycles. The van der Waals surface area contributed by atoms with Crippen LogP contribution in [0.3, 0.4) is 0 Å². The third kappa shape index (κ3) is 7.33. The molecule has 5 nitrogen and oxygen atoms in total. The maximum Gasteiger partial charge on any atom is 0.416 e. The normalized spacial score (nSPS) is 17.0.